The van der Waals surface area contributed by atoms with E-state index in [1.807, 2.05) is 36.4 Å². The molecule has 2 N–H and O–H groups in total. The summed E-state index contributed by atoms with van der Waals surface area (Å²) in [5.41, 5.74) is 6.16. The molecule has 1 aromatic heterocycles. The van der Waals surface area contributed by atoms with Crippen molar-refractivity contribution in [2.75, 3.05) is 13.2 Å². The molecule has 0 radical (unpaired) electrons. The first-order valence-electron chi connectivity index (χ1n) is 6.14. The second kappa shape index (κ2) is 7.23. The number of nitrogens with two attached hydrogens (primary N) is 1. The van der Waals surface area contributed by atoms with Crippen molar-refractivity contribution in [2.24, 2.45) is 16.0 Å². The van der Waals surface area contributed by atoms with E-state index in [4.69, 9.17) is 10.5 Å². The van der Waals surface area contributed by atoms with Gasteiger partial charge in [-0.15, -0.1) is 10.2 Å². The zero-order chi connectivity index (χ0) is 13.3. The Balaban J connectivity index is 1.93. The number of aromatic nitrogens is 1. The maximum atomic E-state index is 5.50. The summed E-state index contributed by atoms with van der Waals surface area (Å²) in [5.74, 6) is 1.40. The molecule has 98 valence electrons. The molecule has 0 amide bonds. The van der Waals surface area contributed by atoms with E-state index in [9.17, 15) is 0 Å². The average molecular weight is 256 g/mol. The molecule has 1 heterocycles. The van der Waals surface area contributed by atoms with Crippen molar-refractivity contribution in [3.8, 4) is 5.75 Å². The highest BCUT2D eigenvalue weighted by Gasteiger charge is 1.95. The summed E-state index contributed by atoms with van der Waals surface area (Å²) < 4.78 is 5.50. The van der Waals surface area contributed by atoms with Crippen molar-refractivity contribution in [1.82, 2.24) is 4.98 Å². The Morgan fingerprint density at radius 2 is 1.89 bits per heavy atom. The maximum absolute atomic E-state index is 5.50. The lowest BCUT2D eigenvalue weighted by molar-refractivity contribution is 0.313. The summed E-state index contributed by atoms with van der Waals surface area (Å²) >= 11 is 0. The average Bonchev–Trinajstić information content (AvgIpc) is 2.48. The van der Waals surface area contributed by atoms with Gasteiger partial charge in [-0.3, -0.25) is 0 Å². The lowest BCUT2D eigenvalue weighted by Gasteiger charge is -2.04. The summed E-state index contributed by atoms with van der Waals surface area (Å²) in [6.07, 6.45) is 2.53. The summed E-state index contributed by atoms with van der Waals surface area (Å²) in [5, 5.41) is 8.14. The van der Waals surface area contributed by atoms with Crippen molar-refractivity contribution < 1.29 is 4.74 Å². The predicted molar refractivity (Wildman–Crippen MR) is 74.0 cm³/mol. The van der Waals surface area contributed by atoms with E-state index in [0.717, 1.165) is 17.9 Å². The van der Waals surface area contributed by atoms with Crippen LogP contribution in [0.4, 0.5) is 11.5 Å². The van der Waals surface area contributed by atoms with E-state index in [0.29, 0.717) is 19.0 Å². The summed E-state index contributed by atoms with van der Waals surface area (Å²) in [7, 11) is 0. The minimum Gasteiger partial charge on any atom is -0.494 e. The van der Waals surface area contributed by atoms with Crippen LogP contribution in [0.1, 0.15) is 6.42 Å². The van der Waals surface area contributed by atoms with Crippen LogP contribution in [0.5, 0.6) is 5.75 Å². The van der Waals surface area contributed by atoms with Gasteiger partial charge in [-0.1, -0.05) is 6.07 Å². The van der Waals surface area contributed by atoms with Crippen LogP contribution in [0.3, 0.4) is 0 Å². The van der Waals surface area contributed by atoms with Gasteiger partial charge in [0.2, 0.25) is 0 Å². The van der Waals surface area contributed by atoms with Crippen molar-refractivity contribution in [3.05, 3.63) is 48.7 Å². The van der Waals surface area contributed by atoms with Crippen LogP contribution in [-0.2, 0) is 0 Å². The van der Waals surface area contributed by atoms with Crippen LogP contribution in [-0.4, -0.2) is 18.1 Å². The second-order valence-electron chi connectivity index (χ2n) is 3.87. The molecule has 5 heteroatoms. The molecule has 1 aromatic carbocycles. The fraction of sp³-hybridized carbons (Fsp3) is 0.214. The first-order valence-corrected chi connectivity index (χ1v) is 6.14. The fourth-order valence-corrected chi connectivity index (χ4v) is 1.40. The number of hydrogen-bond acceptors (Lipinski definition) is 5. The van der Waals surface area contributed by atoms with Crippen molar-refractivity contribution in [1.29, 1.82) is 0 Å². The molecule has 0 aliphatic heterocycles. The molecule has 0 atom stereocenters. The van der Waals surface area contributed by atoms with Crippen LogP contribution >= 0.6 is 0 Å². The maximum Gasteiger partial charge on any atom is 0.174 e. The van der Waals surface area contributed by atoms with Gasteiger partial charge in [0.15, 0.2) is 5.82 Å². The molecular formula is C14H16N4O. The van der Waals surface area contributed by atoms with Crippen molar-refractivity contribution in [3.63, 3.8) is 0 Å². The van der Waals surface area contributed by atoms with Gasteiger partial charge in [0, 0.05) is 6.20 Å². The van der Waals surface area contributed by atoms with Gasteiger partial charge in [-0.05, 0) is 49.4 Å². The zero-order valence-corrected chi connectivity index (χ0v) is 10.6. The minimum absolute atomic E-state index is 0.589. The Bertz CT molecular complexity index is 511. The molecule has 0 aliphatic rings. The normalized spacial score (nSPS) is 10.8. The van der Waals surface area contributed by atoms with Crippen molar-refractivity contribution >= 4 is 11.5 Å². The van der Waals surface area contributed by atoms with Gasteiger partial charge in [-0.25, -0.2) is 4.98 Å². The number of hydrogen-bond donors (Lipinski definition) is 1. The van der Waals surface area contributed by atoms with Crippen LogP contribution in [0.15, 0.2) is 58.9 Å². The first kappa shape index (κ1) is 13.2. The largest absolute Gasteiger partial charge is 0.494 e. The molecule has 5 nitrogen and oxygen atoms in total. The number of ether oxygens (including phenoxy) is 1. The lowest BCUT2D eigenvalue weighted by atomic mass is 10.3. The number of pyridine rings is 1. The molecular weight excluding hydrogens is 240 g/mol. The van der Waals surface area contributed by atoms with E-state index in [1.165, 1.54) is 0 Å². The molecule has 0 aliphatic carbocycles. The van der Waals surface area contributed by atoms with E-state index < -0.39 is 0 Å². The SMILES string of the molecule is NCCCOc1ccc(N=Nc2ccccn2)cc1. The molecule has 2 rings (SSSR count). The predicted octanol–water partition coefficient (Wildman–Crippen LogP) is 3.22. The van der Waals surface area contributed by atoms with Crippen LogP contribution in [0.25, 0.3) is 0 Å². The summed E-state index contributed by atoms with van der Waals surface area (Å²) in [6, 6.07) is 12.9. The third-order valence-electron chi connectivity index (χ3n) is 2.37. The molecule has 0 bridgehead atoms. The minimum atomic E-state index is 0.589. The molecule has 0 saturated heterocycles. The Morgan fingerprint density at radius 3 is 2.58 bits per heavy atom. The van der Waals surface area contributed by atoms with E-state index in [1.54, 1.807) is 12.3 Å². The summed E-state index contributed by atoms with van der Waals surface area (Å²) in [6.45, 7) is 1.27. The van der Waals surface area contributed by atoms with Gasteiger partial charge < -0.3 is 10.5 Å². The topological polar surface area (TPSA) is 72.9 Å². The second-order valence-corrected chi connectivity index (χ2v) is 3.87. The van der Waals surface area contributed by atoms with Crippen LogP contribution in [0.2, 0.25) is 0 Å². The fourth-order valence-electron chi connectivity index (χ4n) is 1.40. The van der Waals surface area contributed by atoms with Gasteiger partial charge in [0.1, 0.15) is 5.75 Å². The number of benzene rings is 1. The smallest absolute Gasteiger partial charge is 0.174 e. The van der Waals surface area contributed by atoms with E-state index in [2.05, 4.69) is 15.2 Å². The van der Waals surface area contributed by atoms with Gasteiger partial charge in [0.25, 0.3) is 0 Å². The Kier molecular flexibility index (Phi) is 5.01. The third-order valence-corrected chi connectivity index (χ3v) is 2.37. The highest BCUT2D eigenvalue weighted by atomic mass is 16.5. The quantitative estimate of drug-likeness (QED) is 0.637. The highest BCUT2D eigenvalue weighted by Crippen LogP contribution is 2.20. The monoisotopic (exact) mass is 256 g/mol. The summed E-state index contributed by atoms with van der Waals surface area (Å²) in [4.78, 5) is 4.06. The van der Waals surface area contributed by atoms with Crippen LogP contribution < -0.4 is 10.5 Å². The Hall–Kier alpha value is -2.27. The Labute approximate surface area is 112 Å². The molecule has 0 unspecified atom stereocenters. The standard InChI is InChI=1S/C14H16N4O/c15-9-3-11-19-13-7-5-12(6-8-13)17-18-14-4-1-2-10-16-14/h1-2,4-8,10H,3,9,11,15H2. The molecule has 0 spiro atoms. The Morgan fingerprint density at radius 1 is 1.05 bits per heavy atom. The molecule has 0 fully saturated rings. The van der Waals surface area contributed by atoms with Crippen molar-refractivity contribution in [2.45, 2.75) is 6.42 Å². The van der Waals surface area contributed by atoms with Gasteiger partial charge in [0.05, 0.1) is 12.3 Å². The molecule has 0 saturated carbocycles. The number of nitrogens with zero attached hydrogens (tertiary/aromatic N) is 3. The first-order chi connectivity index (χ1) is 9.38. The third kappa shape index (κ3) is 4.48. The van der Waals surface area contributed by atoms with E-state index in [-0.39, 0.29) is 0 Å². The number of azo groups is 1. The lowest BCUT2D eigenvalue weighted by Crippen LogP contribution is -2.05. The van der Waals surface area contributed by atoms with Crippen LogP contribution in [0, 0.1) is 0 Å². The highest BCUT2D eigenvalue weighted by molar-refractivity contribution is 5.41. The van der Waals surface area contributed by atoms with Gasteiger partial charge in [-0.2, -0.15) is 0 Å². The number of rotatable bonds is 6. The van der Waals surface area contributed by atoms with E-state index >= 15 is 0 Å². The van der Waals surface area contributed by atoms with Gasteiger partial charge >= 0.3 is 0 Å². The molecule has 19 heavy (non-hydrogen) atoms. The zero-order valence-electron chi connectivity index (χ0n) is 10.6. The molecule has 2 aromatic rings.